The highest BCUT2D eigenvalue weighted by molar-refractivity contribution is 5.90. The molecule has 27 heavy (non-hydrogen) atoms. The summed E-state index contributed by atoms with van der Waals surface area (Å²) in [5.41, 5.74) is 3.29. The van der Waals surface area contributed by atoms with Crippen LogP contribution in [0, 0.1) is 16.0 Å². The third-order valence-corrected chi connectivity index (χ3v) is 5.34. The molecular formula is C21H20N2O4. The molecule has 0 bridgehead atoms. The van der Waals surface area contributed by atoms with Crippen molar-refractivity contribution in [2.75, 3.05) is 11.9 Å². The molecule has 2 aromatic rings. The molecule has 2 aromatic carbocycles. The molecule has 1 aliphatic carbocycles. The maximum atomic E-state index is 12.1. The smallest absolute Gasteiger partial charge is 0.338 e. The molecule has 4 rings (SSSR count). The molecule has 0 saturated carbocycles. The number of benzene rings is 2. The summed E-state index contributed by atoms with van der Waals surface area (Å²) in [5.74, 6) is -0.0591. The summed E-state index contributed by atoms with van der Waals surface area (Å²) >= 11 is 0. The number of fused-ring (bicyclic) bond motifs is 3. The molecular weight excluding hydrogens is 344 g/mol. The number of allylic oxidation sites excluding steroid dienone is 2. The number of carbonyl (C=O) groups is 1. The minimum Gasteiger partial charge on any atom is -0.462 e. The lowest BCUT2D eigenvalue weighted by molar-refractivity contribution is -0.385. The Morgan fingerprint density at radius 2 is 2.07 bits per heavy atom. The van der Waals surface area contributed by atoms with Gasteiger partial charge >= 0.3 is 5.97 Å². The van der Waals surface area contributed by atoms with Crippen molar-refractivity contribution in [3.05, 3.63) is 81.4 Å². The van der Waals surface area contributed by atoms with Crippen molar-refractivity contribution in [1.29, 1.82) is 0 Å². The number of anilines is 1. The molecule has 0 saturated heterocycles. The van der Waals surface area contributed by atoms with Gasteiger partial charge in [-0.15, -0.1) is 0 Å². The number of para-hydroxylation sites is 1. The summed E-state index contributed by atoms with van der Waals surface area (Å²) in [6, 6.07) is 12.2. The van der Waals surface area contributed by atoms with E-state index in [1.165, 1.54) is 0 Å². The monoisotopic (exact) mass is 364 g/mol. The van der Waals surface area contributed by atoms with Gasteiger partial charge in [0.15, 0.2) is 0 Å². The van der Waals surface area contributed by atoms with Crippen LogP contribution in [0.15, 0.2) is 54.6 Å². The van der Waals surface area contributed by atoms with Gasteiger partial charge in [-0.25, -0.2) is 4.79 Å². The fourth-order valence-corrected chi connectivity index (χ4v) is 4.16. The number of rotatable bonds is 4. The zero-order valence-electron chi connectivity index (χ0n) is 14.9. The van der Waals surface area contributed by atoms with Crippen molar-refractivity contribution in [2.45, 2.75) is 25.3 Å². The first-order valence-corrected chi connectivity index (χ1v) is 9.07. The molecule has 0 aromatic heterocycles. The fourth-order valence-electron chi connectivity index (χ4n) is 4.16. The Balaban J connectivity index is 1.75. The van der Waals surface area contributed by atoms with Gasteiger partial charge in [0.25, 0.3) is 5.69 Å². The maximum Gasteiger partial charge on any atom is 0.338 e. The topological polar surface area (TPSA) is 81.5 Å². The molecule has 6 heteroatoms. The number of nitro benzene ring substituents is 1. The van der Waals surface area contributed by atoms with E-state index in [9.17, 15) is 14.9 Å². The largest absolute Gasteiger partial charge is 0.462 e. The van der Waals surface area contributed by atoms with Crippen LogP contribution in [0.25, 0.3) is 0 Å². The lowest BCUT2D eigenvalue weighted by Gasteiger charge is -2.37. The molecule has 0 spiro atoms. The Labute approximate surface area is 157 Å². The fraction of sp³-hybridized carbons (Fsp3) is 0.286. The Kier molecular flexibility index (Phi) is 4.39. The van der Waals surface area contributed by atoms with Crippen molar-refractivity contribution >= 4 is 17.3 Å². The Hall–Kier alpha value is -3.15. The summed E-state index contributed by atoms with van der Waals surface area (Å²) in [5, 5.41) is 15.0. The molecule has 0 radical (unpaired) electrons. The molecule has 2 aliphatic rings. The lowest BCUT2D eigenvalue weighted by Crippen LogP contribution is -2.29. The lowest BCUT2D eigenvalue weighted by atomic mass is 9.76. The van der Waals surface area contributed by atoms with Crippen LogP contribution < -0.4 is 5.32 Å². The van der Waals surface area contributed by atoms with E-state index in [4.69, 9.17) is 4.74 Å². The van der Waals surface area contributed by atoms with Gasteiger partial charge in [0.2, 0.25) is 0 Å². The first kappa shape index (κ1) is 17.3. The standard InChI is InChI=1S/C21H20N2O4/c1-2-27-21(24)13-10-11-18-17(12-13)14-7-5-8-15(14)20(22-18)16-6-3-4-9-19(16)23(25)26/h3-7,9-12,14-15,20,22H,2,8H2,1H3/t14-,15-,20+/m1/s1. The molecule has 1 heterocycles. The van der Waals surface area contributed by atoms with Crippen molar-refractivity contribution < 1.29 is 14.5 Å². The number of hydrogen-bond acceptors (Lipinski definition) is 5. The van der Waals surface area contributed by atoms with Crippen molar-refractivity contribution in [2.24, 2.45) is 5.92 Å². The van der Waals surface area contributed by atoms with Crippen LogP contribution in [0.5, 0.6) is 0 Å². The second-order valence-electron chi connectivity index (χ2n) is 6.81. The van der Waals surface area contributed by atoms with E-state index >= 15 is 0 Å². The van der Waals surface area contributed by atoms with Crippen molar-refractivity contribution in [3.8, 4) is 0 Å². The normalized spacial score (nSPS) is 22.5. The molecule has 1 N–H and O–H groups in total. The van der Waals surface area contributed by atoms with Crippen LogP contribution >= 0.6 is 0 Å². The summed E-state index contributed by atoms with van der Waals surface area (Å²) in [7, 11) is 0. The number of nitrogens with zero attached hydrogens (tertiary/aromatic N) is 1. The average Bonchev–Trinajstić information content (AvgIpc) is 3.17. The van der Waals surface area contributed by atoms with Gasteiger partial charge in [-0.3, -0.25) is 10.1 Å². The zero-order chi connectivity index (χ0) is 19.0. The van der Waals surface area contributed by atoms with E-state index in [0.717, 1.165) is 17.7 Å². The van der Waals surface area contributed by atoms with Gasteiger partial charge in [0.05, 0.1) is 28.7 Å². The quantitative estimate of drug-likeness (QED) is 0.371. The highest BCUT2D eigenvalue weighted by Crippen LogP contribution is 2.51. The average molecular weight is 364 g/mol. The van der Waals surface area contributed by atoms with Crippen LogP contribution in [-0.2, 0) is 4.74 Å². The van der Waals surface area contributed by atoms with Crippen molar-refractivity contribution in [1.82, 2.24) is 0 Å². The highest BCUT2D eigenvalue weighted by atomic mass is 16.6. The predicted molar refractivity (Wildman–Crippen MR) is 102 cm³/mol. The van der Waals surface area contributed by atoms with Gasteiger partial charge < -0.3 is 10.1 Å². The number of hydrogen-bond donors (Lipinski definition) is 1. The second-order valence-corrected chi connectivity index (χ2v) is 6.81. The number of nitrogens with one attached hydrogen (secondary N) is 1. The van der Waals surface area contributed by atoms with Crippen LogP contribution in [-0.4, -0.2) is 17.5 Å². The third kappa shape index (κ3) is 2.97. The van der Waals surface area contributed by atoms with E-state index in [2.05, 4.69) is 17.5 Å². The van der Waals surface area contributed by atoms with Crippen molar-refractivity contribution in [3.63, 3.8) is 0 Å². The van der Waals surface area contributed by atoms with Gasteiger partial charge in [-0.1, -0.05) is 30.4 Å². The Bertz CT molecular complexity index is 938. The molecule has 138 valence electrons. The van der Waals surface area contributed by atoms with Gasteiger partial charge in [0.1, 0.15) is 0 Å². The predicted octanol–water partition coefficient (Wildman–Crippen LogP) is 4.60. The van der Waals surface area contributed by atoms with E-state index in [0.29, 0.717) is 17.7 Å². The maximum absolute atomic E-state index is 12.1. The number of ether oxygens (including phenoxy) is 1. The number of nitro groups is 1. The zero-order valence-corrected chi connectivity index (χ0v) is 14.9. The second kappa shape index (κ2) is 6.87. The van der Waals surface area contributed by atoms with Gasteiger partial charge in [-0.05, 0) is 43.0 Å². The first-order chi connectivity index (χ1) is 13.1. The first-order valence-electron chi connectivity index (χ1n) is 9.07. The van der Waals surface area contributed by atoms with Crippen LogP contribution in [0.3, 0.4) is 0 Å². The SMILES string of the molecule is CCOC(=O)c1ccc2c(c1)[C@@H]1C=CC[C@H]1[C@@H](c1ccccc1[N+](=O)[O-])N2. The van der Waals surface area contributed by atoms with E-state index in [1.807, 2.05) is 24.3 Å². The minimum atomic E-state index is -0.334. The molecule has 6 nitrogen and oxygen atoms in total. The summed E-state index contributed by atoms with van der Waals surface area (Å²) in [6.07, 6.45) is 5.09. The summed E-state index contributed by atoms with van der Waals surface area (Å²) in [4.78, 5) is 23.3. The van der Waals surface area contributed by atoms with E-state index in [-0.39, 0.29) is 34.5 Å². The van der Waals surface area contributed by atoms with Crippen LogP contribution in [0.2, 0.25) is 0 Å². The number of carbonyl (C=O) groups excluding carboxylic acids is 1. The third-order valence-electron chi connectivity index (χ3n) is 5.34. The molecule has 0 amide bonds. The van der Waals surface area contributed by atoms with Crippen LogP contribution in [0.1, 0.15) is 46.8 Å². The van der Waals surface area contributed by atoms with Crippen LogP contribution in [0.4, 0.5) is 11.4 Å². The number of esters is 1. The summed E-state index contributed by atoms with van der Waals surface area (Å²) < 4.78 is 5.11. The summed E-state index contributed by atoms with van der Waals surface area (Å²) in [6.45, 7) is 2.12. The minimum absolute atomic E-state index is 0.112. The molecule has 0 fully saturated rings. The van der Waals surface area contributed by atoms with E-state index < -0.39 is 0 Å². The molecule has 3 atom stereocenters. The highest BCUT2D eigenvalue weighted by Gasteiger charge is 2.40. The molecule has 1 aliphatic heterocycles. The Morgan fingerprint density at radius 1 is 1.26 bits per heavy atom. The van der Waals surface area contributed by atoms with Gasteiger partial charge in [0, 0.05) is 17.7 Å². The Morgan fingerprint density at radius 3 is 2.85 bits per heavy atom. The molecule has 0 unspecified atom stereocenters. The van der Waals surface area contributed by atoms with E-state index in [1.54, 1.807) is 25.1 Å². The van der Waals surface area contributed by atoms with Gasteiger partial charge in [-0.2, -0.15) is 0 Å².